The van der Waals surface area contributed by atoms with Crippen LogP contribution in [0.5, 0.6) is 0 Å². The number of nitrogens with one attached hydrogen (secondary N) is 1. The lowest BCUT2D eigenvalue weighted by atomic mass is 9.98. The Kier molecular flexibility index (Phi) is 3.60. The summed E-state index contributed by atoms with van der Waals surface area (Å²) < 4.78 is 0. The van der Waals surface area contributed by atoms with E-state index in [9.17, 15) is 9.59 Å². The number of carbonyl (C=O) groups is 2. The molecule has 0 saturated carbocycles. The van der Waals surface area contributed by atoms with E-state index < -0.39 is 17.4 Å². The smallest absolute Gasteiger partial charge is 0.329 e. The number of aliphatic carboxylic acids is 1. The van der Waals surface area contributed by atoms with Gasteiger partial charge >= 0.3 is 5.97 Å². The van der Waals surface area contributed by atoms with Gasteiger partial charge in [-0.3, -0.25) is 9.78 Å². The fourth-order valence-electron chi connectivity index (χ4n) is 1.12. The van der Waals surface area contributed by atoms with Gasteiger partial charge < -0.3 is 10.4 Å². The SMILES string of the molecule is CCC(C)(NC(=O)c1ccncc1)C(=O)O. The fourth-order valence-corrected chi connectivity index (χ4v) is 1.12. The molecule has 0 aliphatic heterocycles. The van der Waals surface area contributed by atoms with Crippen molar-refractivity contribution in [1.82, 2.24) is 10.3 Å². The maximum atomic E-state index is 11.7. The first-order chi connectivity index (χ1) is 7.49. The summed E-state index contributed by atoms with van der Waals surface area (Å²) in [6.07, 6.45) is 3.29. The van der Waals surface area contributed by atoms with Crippen molar-refractivity contribution in [3.05, 3.63) is 30.1 Å². The van der Waals surface area contributed by atoms with Crippen LogP contribution in [0.1, 0.15) is 30.6 Å². The molecular formula is C11H14N2O3. The molecule has 1 amide bonds. The van der Waals surface area contributed by atoms with Gasteiger partial charge in [0, 0.05) is 18.0 Å². The Balaban J connectivity index is 2.82. The van der Waals surface area contributed by atoms with Gasteiger partial charge in [0.25, 0.3) is 5.91 Å². The van der Waals surface area contributed by atoms with Crippen LogP contribution in [0.25, 0.3) is 0 Å². The van der Waals surface area contributed by atoms with Crippen molar-refractivity contribution in [2.75, 3.05) is 0 Å². The van der Waals surface area contributed by atoms with Gasteiger partial charge in [-0.1, -0.05) is 6.92 Å². The van der Waals surface area contributed by atoms with Crippen molar-refractivity contribution in [3.63, 3.8) is 0 Å². The van der Waals surface area contributed by atoms with Crippen molar-refractivity contribution < 1.29 is 14.7 Å². The van der Waals surface area contributed by atoms with E-state index in [-0.39, 0.29) is 0 Å². The average Bonchev–Trinajstić information content (AvgIpc) is 2.29. The Morgan fingerprint density at radius 1 is 1.44 bits per heavy atom. The summed E-state index contributed by atoms with van der Waals surface area (Å²) in [4.78, 5) is 26.5. The van der Waals surface area contributed by atoms with Crippen LogP contribution in [0.15, 0.2) is 24.5 Å². The molecule has 0 aliphatic carbocycles. The van der Waals surface area contributed by atoms with Crippen LogP contribution in [-0.4, -0.2) is 27.5 Å². The van der Waals surface area contributed by atoms with Gasteiger partial charge in [-0.05, 0) is 25.5 Å². The lowest BCUT2D eigenvalue weighted by molar-refractivity contribution is -0.143. The van der Waals surface area contributed by atoms with E-state index >= 15 is 0 Å². The molecule has 0 aliphatic rings. The van der Waals surface area contributed by atoms with Crippen molar-refractivity contribution >= 4 is 11.9 Å². The molecule has 16 heavy (non-hydrogen) atoms. The minimum Gasteiger partial charge on any atom is -0.480 e. The Morgan fingerprint density at radius 2 is 2.00 bits per heavy atom. The van der Waals surface area contributed by atoms with E-state index in [0.29, 0.717) is 12.0 Å². The molecule has 1 atom stereocenters. The van der Waals surface area contributed by atoms with Gasteiger partial charge in [-0.25, -0.2) is 4.79 Å². The minimum atomic E-state index is -1.24. The summed E-state index contributed by atoms with van der Waals surface area (Å²) in [5.74, 6) is -1.45. The molecule has 5 nitrogen and oxygen atoms in total. The second-order valence-corrected chi connectivity index (χ2v) is 3.68. The molecule has 86 valence electrons. The summed E-state index contributed by atoms with van der Waals surface area (Å²) in [6.45, 7) is 3.19. The van der Waals surface area contributed by atoms with Crippen molar-refractivity contribution in [2.45, 2.75) is 25.8 Å². The van der Waals surface area contributed by atoms with E-state index in [2.05, 4.69) is 10.3 Å². The van der Waals surface area contributed by atoms with Gasteiger partial charge in [0.2, 0.25) is 0 Å². The molecule has 0 fully saturated rings. The highest BCUT2D eigenvalue weighted by atomic mass is 16.4. The molecule has 2 N–H and O–H groups in total. The van der Waals surface area contributed by atoms with E-state index in [4.69, 9.17) is 5.11 Å². The van der Waals surface area contributed by atoms with Crippen LogP contribution in [0.3, 0.4) is 0 Å². The van der Waals surface area contributed by atoms with Crippen molar-refractivity contribution in [1.29, 1.82) is 0 Å². The molecule has 1 unspecified atom stereocenters. The predicted molar refractivity (Wildman–Crippen MR) is 58.0 cm³/mol. The molecular weight excluding hydrogens is 208 g/mol. The first kappa shape index (κ1) is 12.2. The van der Waals surface area contributed by atoms with Gasteiger partial charge in [0.05, 0.1) is 0 Å². The second-order valence-electron chi connectivity index (χ2n) is 3.68. The number of carboxylic acids is 1. The van der Waals surface area contributed by atoms with Crippen LogP contribution < -0.4 is 5.32 Å². The zero-order valence-corrected chi connectivity index (χ0v) is 9.23. The van der Waals surface area contributed by atoms with Crippen LogP contribution in [-0.2, 0) is 4.79 Å². The summed E-state index contributed by atoms with van der Waals surface area (Å²) in [6, 6.07) is 3.07. The highest BCUT2D eigenvalue weighted by Crippen LogP contribution is 2.10. The molecule has 0 aromatic carbocycles. The number of nitrogens with zero attached hydrogens (tertiary/aromatic N) is 1. The molecule has 0 bridgehead atoms. The zero-order valence-electron chi connectivity index (χ0n) is 9.23. The number of carboxylic acid groups (broad SMARTS) is 1. The highest BCUT2D eigenvalue weighted by Gasteiger charge is 2.32. The Hall–Kier alpha value is -1.91. The molecule has 0 radical (unpaired) electrons. The standard InChI is InChI=1S/C11H14N2O3/c1-3-11(2,10(15)16)13-9(14)8-4-6-12-7-5-8/h4-7H,3H2,1-2H3,(H,13,14)(H,15,16). The largest absolute Gasteiger partial charge is 0.480 e. The van der Waals surface area contributed by atoms with Gasteiger partial charge in [0.15, 0.2) is 0 Å². The number of pyridine rings is 1. The fraction of sp³-hybridized carbons (Fsp3) is 0.364. The maximum Gasteiger partial charge on any atom is 0.329 e. The minimum absolute atomic E-state index is 0.319. The summed E-state index contributed by atoms with van der Waals surface area (Å²) in [5.41, 5.74) is -0.837. The summed E-state index contributed by atoms with van der Waals surface area (Å²) >= 11 is 0. The molecule has 1 aromatic rings. The van der Waals surface area contributed by atoms with Crippen LogP contribution in [0.4, 0.5) is 0 Å². The van der Waals surface area contributed by atoms with Crippen LogP contribution in [0.2, 0.25) is 0 Å². The van der Waals surface area contributed by atoms with Gasteiger partial charge in [-0.2, -0.15) is 0 Å². The van der Waals surface area contributed by atoms with E-state index in [0.717, 1.165) is 0 Å². The van der Waals surface area contributed by atoms with E-state index in [1.165, 1.54) is 31.5 Å². The van der Waals surface area contributed by atoms with E-state index in [1.54, 1.807) is 6.92 Å². The second kappa shape index (κ2) is 4.74. The zero-order chi connectivity index (χ0) is 12.2. The van der Waals surface area contributed by atoms with Crippen LogP contribution in [0, 0.1) is 0 Å². The first-order valence-corrected chi connectivity index (χ1v) is 4.95. The molecule has 0 saturated heterocycles. The lowest BCUT2D eigenvalue weighted by Gasteiger charge is -2.24. The normalized spacial score (nSPS) is 13.9. The Labute approximate surface area is 93.5 Å². The number of hydrogen-bond acceptors (Lipinski definition) is 3. The summed E-state index contributed by atoms with van der Waals surface area (Å²) in [5, 5.41) is 11.5. The quantitative estimate of drug-likeness (QED) is 0.798. The van der Waals surface area contributed by atoms with Crippen molar-refractivity contribution in [3.8, 4) is 0 Å². The third-order valence-electron chi connectivity index (χ3n) is 2.51. The lowest BCUT2D eigenvalue weighted by Crippen LogP contribution is -2.51. The molecule has 5 heteroatoms. The number of amides is 1. The van der Waals surface area contributed by atoms with Gasteiger partial charge in [-0.15, -0.1) is 0 Å². The van der Waals surface area contributed by atoms with Crippen LogP contribution >= 0.6 is 0 Å². The number of aromatic nitrogens is 1. The highest BCUT2D eigenvalue weighted by molar-refractivity contribution is 5.97. The third kappa shape index (κ3) is 2.56. The molecule has 1 heterocycles. The molecule has 1 aromatic heterocycles. The Bertz CT molecular complexity index is 391. The monoisotopic (exact) mass is 222 g/mol. The predicted octanol–water partition coefficient (Wildman–Crippen LogP) is 1.06. The number of hydrogen-bond donors (Lipinski definition) is 2. The number of rotatable bonds is 4. The number of carbonyl (C=O) groups excluding carboxylic acids is 1. The average molecular weight is 222 g/mol. The van der Waals surface area contributed by atoms with Crippen molar-refractivity contribution in [2.24, 2.45) is 0 Å². The first-order valence-electron chi connectivity index (χ1n) is 4.95. The van der Waals surface area contributed by atoms with Gasteiger partial charge in [0.1, 0.15) is 5.54 Å². The molecule has 0 spiro atoms. The molecule has 1 rings (SSSR count). The third-order valence-corrected chi connectivity index (χ3v) is 2.51. The Morgan fingerprint density at radius 3 is 2.44 bits per heavy atom. The van der Waals surface area contributed by atoms with E-state index in [1.807, 2.05) is 0 Å². The topological polar surface area (TPSA) is 79.3 Å². The maximum absolute atomic E-state index is 11.7. The summed E-state index contributed by atoms with van der Waals surface area (Å²) in [7, 11) is 0.